The van der Waals surface area contributed by atoms with Crippen LogP contribution in [-0.2, 0) is 6.42 Å². The Hall–Kier alpha value is -1.78. The Labute approximate surface area is 129 Å². The summed E-state index contributed by atoms with van der Waals surface area (Å²) >= 11 is 1.74. The smallest absolute Gasteiger partial charge is 0.0890 e. The van der Waals surface area contributed by atoms with Crippen LogP contribution in [0.15, 0.2) is 47.3 Å². The second kappa shape index (κ2) is 6.78. The Balaban J connectivity index is 1.89. The first-order valence-corrected chi connectivity index (χ1v) is 8.27. The van der Waals surface area contributed by atoms with E-state index in [1.165, 1.54) is 5.56 Å². The zero-order valence-corrected chi connectivity index (χ0v) is 12.9. The van der Waals surface area contributed by atoms with E-state index in [1.54, 1.807) is 11.3 Å². The summed E-state index contributed by atoms with van der Waals surface area (Å²) < 4.78 is 0. The van der Waals surface area contributed by atoms with Gasteiger partial charge < -0.3 is 5.32 Å². The SMILES string of the molecule is CCCNC(Cc1ccsc1)c1cnc2ccccc2n1. The third-order valence-corrected chi connectivity index (χ3v) is 4.22. The second-order valence-electron chi connectivity index (χ2n) is 5.13. The third kappa shape index (κ3) is 3.46. The highest BCUT2D eigenvalue weighted by Crippen LogP contribution is 2.20. The second-order valence-corrected chi connectivity index (χ2v) is 5.91. The molecule has 108 valence electrons. The highest BCUT2D eigenvalue weighted by Gasteiger charge is 2.14. The van der Waals surface area contributed by atoms with Crippen LogP contribution in [0.3, 0.4) is 0 Å². The molecular weight excluding hydrogens is 278 g/mol. The van der Waals surface area contributed by atoms with Gasteiger partial charge in [-0.3, -0.25) is 4.98 Å². The lowest BCUT2D eigenvalue weighted by atomic mass is 10.1. The number of nitrogens with one attached hydrogen (secondary N) is 1. The van der Waals surface area contributed by atoms with E-state index >= 15 is 0 Å². The first kappa shape index (κ1) is 14.2. The average Bonchev–Trinajstić information content (AvgIpc) is 3.04. The van der Waals surface area contributed by atoms with Crippen molar-refractivity contribution in [2.45, 2.75) is 25.8 Å². The lowest BCUT2D eigenvalue weighted by Crippen LogP contribution is -2.25. The van der Waals surface area contributed by atoms with Gasteiger partial charge in [0.15, 0.2) is 0 Å². The molecule has 3 nitrogen and oxygen atoms in total. The maximum Gasteiger partial charge on any atom is 0.0890 e. The largest absolute Gasteiger partial charge is 0.308 e. The van der Waals surface area contributed by atoms with E-state index in [0.29, 0.717) is 0 Å². The van der Waals surface area contributed by atoms with Crippen LogP contribution in [0.5, 0.6) is 0 Å². The molecule has 0 aliphatic rings. The molecule has 1 unspecified atom stereocenters. The summed E-state index contributed by atoms with van der Waals surface area (Å²) in [5, 5.41) is 7.92. The van der Waals surface area contributed by atoms with Crippen molar-refractivity contribution in [3.8, 4) is 0 Å². The number of hydrogen-bond acceptors (Lipinski definition) is 4. The lowest BCUT2D eigenvalue weighted by Gasteiger charge is -2.17. The average molecular weight is 297 g/mol. The monoisotopic (exact) mass is 297 g/mol. The molecule has 0 aliphatic heterocycles. The van der Waals surface area contributed by atoms with E-state index in [0.717, 1.165) is 36.1 Å². The van der Waals surface area contributed by atoms with Crippen LogP contribution in [0.4, 0.5) is 0 Å². The molecule has 0 radical (unpaired) electrons. The van der Waals surface area contributed by atoms with Crippen LogP contribution in [0.2, 0.25) is 0 Å². The third-order valence-electron chi connectivity index (χ3n) is 3.48. The molecule has 0 spiro atoms. The molecule has 2 heterocycles. The van der Waals surface area contributed by atoms with Gasteiger partial charge in [-0.2, -0.15) is 11.3 Å². The molecule has 0 saturated carbocycles. The summed E-state index contributed by atoms with van der Waals surface area (Å²) in [7, 11) is 0. The van der Waals surface area contributed by atoms with Crippen molar-refractivity contribution in [2.24, 2.45) is 0 Å². The van der Waals surface area contributed by atoms with Gasteiger partial charge in [0, 0.05) is 0 Å². The molecule has 1 aromatic carbocycles. The number of hydrogen-bond donors (Lipinski definition) is 1. The standard InChI is InChI=1S/C17H19N3S/c1-2-8-18-16(10-13-7-9-21-12-13)17-11-19-14-5-3-4-6-15(14)20-17/h3-7,9,11-12,16,18H,2,8,10H2,1H3. The summed E-state index contributed by atoms with van der Waals surface area (Å²) in [5.41, 5.74) is 4.28. The van der Waals surface area contributed by atoms with Crippen molar-refractivity contribution >= 4 is 22.4 Å². The summed E-state index contributed by atoms with van der Waals surface area (Å²) in [6, 6.07) is 10.4. The molecule has 0 bridgehead atoms. The predicted molar refractivity (Wildman–Crippen MR) is 88.6 cm³/mol. The van der Waals surface area contributed by atoms with Crippen LogP contribution in [0.25, 0.3) is 11.0 Å². The number of para-hydroxylation sites is 2. The Morgan fingerprint density at radius 1 is 1.19 bits per heavy atom. The minimum Gasteiger partial charge on any atom is -0.308 e. The highest BCUT2D eigenvalue weighted by atomic mass is 32.1. The minimum absolute atomic E-state index is 0.219. The molecular formula is C17H19N3S. The molecule has 0 amide bonds. The van der Waals surface area contributed by atoms with Gasteiger partial charge in [-0.15, -0.1) is 0 Å². The molecule has 0 fully saturated rings. The molecule has 3 aromatic rings. The normalized spacial score (nSPS) is 12.6. The lowest BCUT2D eigenvalue weighted by molar-refractivity contribution is 0.518. The van der Waals surface area contributed by atoms with E-state index in [-0.39, 0.29) is 6.04 Å². The van der Waals surface area contributed by atoms with Gasteiger partial charge in [0.1, 0.15) is 0 Å². The molecule has 0 saturated heterocycles. The number of benzene rings is 1. The predicted octanol–water partition coefficient (Wildman–Crippen LogP) is 3.97. The number of aromatic nitrogens is 2. The Bertz CT molecular complexity index is 694. The Morgan fingerprint density at radius 2 is 2.05 bits per heavy atom. The Kier molecular flexibility index (Phi) is 4.58. The summed E-state index contributed by atoms with van der Waals surface area (Å²) in [6.07, 6.45) is 3.97. The quantitative estimate of drug-likeness (QED) is 0.748. The molecule has 2 aromatic heterocycles. The van der Waals surface area contributed by atoms with Crippen molar-refractivity contribution in [3.05, 3.63) is 58.5 Å². The first-order chi connectivity index (χ1) is 10.4. The summed E-state index contributed by atoms with van der Waals surface area (Å²) in [6.45, 7) is 3.17. The molecule has 0 aliphatic carbocycles. The maximum absolute atomic E-state index is 4.79. The zero-order chi connectivity index (χ0) is 14.5. The van der Waals surface area contributed by atoms with Gasteiger partial charge >= 0.3 is 0 Å². The fourth-order valence-corrected chi connectivity index (χ4v) is 3.07. The van der Waals surface area contributed by atoms with Gasteiger partial charge in [-0.1, -0.05) is 19.1 Å². The maximum atomic E-state index is 4.79. The first-order valence-electron chi connectivity index (χ1n) is 7.33. The number of thiophene rings is 1. The van der Waals surface area contributed by atoms with Gasteiger partial charge in [0.05, 0.1) is 29.0 Å². The number of nitrogens with zero attached hydrogens (tertiary/aromatic N) is 2. The fraction of sp³-hybridized carbons (Fsp3) is 0.294. The minimum atomic E-state index is 0.219. The van der Waals surface area contributed by atoms with E-state index in [2.05, 4.69) is 34.1 Å². The van der Waals surface area contributed by atoms with Crippen molar-refractivity contribution < 1.29 is 0 Å². The molecule has 1 N–H and O–H groups in total. The molecule has 21 heavy (non-hydrogen) atoms. The van der Waals surface area contributed by atoms with E-state index in [9.17, 15) is 0 Å². The van der Waals surface area contributed by atoms with Gasteiger partial charge in [0.2, 0.25) is 0 Å². The van der Waals surface area contributed by atoms with Crippen LogP contribution in [0.1, 0.15) is 30.6 Å². The van der Waals surface area contributed by atoms with Gasteiger partial charge in [-0.25, -0.2) is 4.98 Å². The zero-order valence-electron chi connectivity index (χ0n) is 12.1. The number of fused-ring (bicyclic) bond motifs is 1. The number of rotatable bonds is 6. The van der Waals surface area contributed by atoms with Crippen LogP contribution >= 0.6 is 11.3 Å². The summed E-state index contributed by atoms with van der Waals surface area (Å²) in [4.78, 5) is 9.33. The Morgan fingerprint density at radius 3 is 2.81 bits per heavy atom. The van der Waals surface area contributed by atoms with E-state index in [1.807, 2.05) is 30.5 Å². The fourth-order valence-electron chi connectivity index (χ4n) is 2.38. The van der Waals surface area contributed by atoms with E-state index in [4.69, 9.17) is 4.98 Å². The topological polar surface area (TPSA) is 37.8 Å². The summed E-state index contributed by atoms with van der Waals surface area (Å²) in [5.74, 6) is 0. The molecule has 4 heteroatoms. The van der Waals surface area contributed by atoms with Gasteiger partial charge in [-0.05, 0) is 53.9 Å². The van der Waals surface area contributed by atoms with Crippen LogP contribution in [0, 0.1) is 0 Å². The van der Waals surface area contributed by atoms with E-state index < -0.39 is 0 Å². The van der Waals surface area contributed by atoms with Gasteiger partial charge in [0.25, 0.3) is 0 Å². The molecule has 1 atom stereocenters. The van der Waals surface area contributed by atoms with Crippen molar-refractivity contribution in [1.82, 2.24) is 15.3 Å². The van der Waals surface area contributed by atoms with Crippen LogP contribution in [-0.4, -0.2) is 16.5 Å². The highest BCUT2D eigenvalue weighted by molar-refractivity contribution is 7.07. The van der Waals surface area contributed by atoms with Crippen molar-refractivity contribution in [1.29, 1.82) is 0 Å². The molecule has 3 rings (SSSR count). The van der Waals surface area contributed by atoms with Crippen molar-refractivity contribution in [3.63, 3.8) is 0 Å². The van der Waals surface area contributed by atoms with Crippen molar-refractivity contribution in [2.75, 3.05) is 6.54 Å². The van der Waals surface area contributed by atoms with Crippen LogP contribution < -0.4 is 5.32 Å².